The molecule has 7 atom stereocenters. The molecule has 0 saturated heterocycles. The molecule has 0 aromatic rings. The van der Waals surface area contributed by atoms with Gasteiger partial charge in [0.15, 0.2) is 5.78 Å². The van der Waals surface area contributed by atoms with Crippen molar-refractivity contribution < 1.29 is 19.4 Å². The number of rotatable bonds is 2. The molecule has 0 amide bonds. The van der Waals surface area contributed by atoms with Crippen molar-refractivity contribution >= 4 is 11.8 Å². The van der Waals surface area contributed by atoms with Gasteiger partial charge in [-0.1, -0.05) is 12.5 Å². The lowest BCUT2D eigenvalue weighted by molar-refractivity contribution is -0.154. The van der Waals surface area contributed by atoms with E-state index >= 15 is 0 Å². The van der Waals surface area contributed by atoms with E-state index < -0.39 is 0 Å². The third-order valence-corrected chi connectivity index (χ3v) is 9.07. The van der Waals surface area contributed by atoms with Gasteiger partial charge in [-0.2, -0.15) is 0 Å². The molecule has 4 aliphatic carbocycles. The number of hydrogen-bond donors (Lipinski definition) is 1. The van der Waals surface area contributed by atoms with Crippen molar-refractivity contribution in [3.8, 4) is 0 Å². The fourth-order valence-electron chi connectivity index (χ4n) is 7.76. The van der Waals surface area contributed by atoms with Crippen LogP contribution in [0.3, 0.4) is 0 Å². The Morgan fingerprint density at radius 1 is 1.07 bits per heavy atom. The van der Waals surface area contributed by atoms with Crippen molar-refractivity contribution in [2.45, 2.75) is 91.3 Å². The number of allylic oxidation sites excluding steroid dienone is 1. The zero-order valence-electron chi connectivity index (χ0n) is 17.2. The van der Waals surface area contributed by atoms with E-state index in [1.54, 1.807) is 6.92 Å². The van der Waals surface area contributed by atoms with Gasteiger partial charge in [0, 0.05) is 12.3 Å². The SMILES string of the molecule is CC(=O)O[C@H]1CC[C@@]2(C)[C@@H](CC[C@@H]3[C@@H]2C[C@H](O)[C@@]32CCC(C(C)=O)=C2C)C1. The molecular weight excluding hydrogens is 340 g/mol. The number of esters is 1. The van der Waals surface area contributed by atoms with Crippen molar-refractivity contribution in [2.75, 3.05) is 0 Å². The third-order valence-electron chi connectivity index (χ3n) is 9.07. The van der Waals surface area contributed by atoms with Crippen molar-refractivity contribution in [1.29, 1.82) is 0 Å². The topological polar surface area (TPSA) is 63.6 Å². The van der Waals surface area contributed by atoms with Gasteiger partial charge in [0.2, 0.25) is 0 Å². The summed E-state index contributed by atoms with van der Waals surface area (Å²) in [4.78, 5) is 23.5. The Hall–Kier alpha value is -1.16. The van der Waals surface area contributed by atoms with E-state index in [2.05, 4.69) is 13.8 Å². The molecule has 0 aliphatic heterocycles. The number of carbonyl (C=O) groups is 2. The van der Waals surface area contributed by atoms with Crippen molar-refractivity contribution in [3.63, 3.8) is 0 Å². The quantitative estimate of drug-likeness (QED) is 0.736. The predicted molar refractivity (Wildman–Crippen MR) is 103 cm³/mol. The number of fused-ring (bicyclic) bond motifs is 4. The number of hydrogen-bond acceptors (Lipinski definition) is 4. The van der Waals surface area contributed by atoms with Gasteiger partial charge in [0.05, 0.1) is 6.10 Å². The van der Waals surface area contributed by atoms with Crippen LogP contribution >= 0.6 is 0 Å². The van der Waals surface area contributed by atoms with E-state index in [1.165, 1.54) is 12.5 Å². The summed E-state index contributed by atoms with van der Waals surface area (Å²) in [6.45, 7) is 7.71. The molecule has 0 radical (unpaired) electrons. The van der Waals surface area contributed by atoms with E-state index in [-0.39, 0.29) is 34.8 Å². The number of carbonyl (C=O) groups excluding carboxylic acids is 2. The van der Waals surface area contributed by atoms with Crippen molar-refractivity contribution in [3.05, 3.63) is 11.1 Å². The molecular formula is C23H34O4. The number of aliphatic hydroxyl groups excluding tert-OH is 1. The maximum absolute atomic E-state index is 12.1. The molecule has 0 aromatic carbocycles. The van der Waals surface area contributed by atoms with Crippen LogP contribution in [0.1, 0.15) is 79.1 Å². The first-order valence-electron chi connectivity index (χ1n) is 10.8. The van der Waals surface area contributed by atoms with Gasteiger partial charge in [0.25, 0.3) is 0 Å². The molecule has 0 heterocycles. The second-order valence-corrected chi connectivity index (χ2v) is 9.95. The molecule has 0 aromatic heterocycles. The molecule has 0 unspecified atom stereocenters. The molecule has 150 valence electrons. The normalized spacial score (nSPS) is 46.3. The largest absolute Gasteiger partial charge is 0.463 e. The van der Waals surface area contributed by atoms with Crippen molar-refractivity contribution in [2.24, 2.45) is 28.6 Å². The highest BCUT2D eigenvalue weighted by Crippen LogP contribution is 2.69. The summed E-state index contributed by atoms with van der Waals surface area (Å²) < 4.78 is 5.54. The third kappa shape index (κ3) is 2.66. The minimum atomic E-state index is -0.328. The van der Waals surface area contributed by atoms with E-state index in [0.29, 0.717) is 17.8 Å². The van der Waals surface area contributed by atoms with E-state index in [0.717, 1.165) is 56.9 Å². The fraction of sp³-hybridized carbons (Fsp3) is 0.826. The summed E-state index contributed by atoms with van der Waals surface area (Å²) in [5.41, 5.74) is 2.20. The van der Waals surface area contributed by atoms with Gasteiger partial charge >= 0.3 is 5.97 Å². The molecule has 1 N–H and O–H groups in total. The number of ketones is 1. The molecule has 0 bridgehead atoms. The predicted octanol–water partition coefficient (Wildman–Crippen LogP) is 4.20. The van der Waals surface area contributed by atoms with E-state index in [1.807, 2.05) is 0 Å². The lowest BCUT2D eigenvalue weighted by atomic mass is 9.50. The Balaban J connectivity index is 1.62. The van der Waals surface area contributed by atoms with Crippen molar-refractivity contribution in [1.82, 2.24) is 0 Å². The van der Waals surface area contributed by atoms with Crippen LogP contribution < -0.4 is 0 Å². The van der Waals surface area contributed by atoms with Crippen LogP contribution in [0.2, 0.25) is 0 Å². The Bertz CT molecular complexity index is 694. The molecule has 1 spiro atoms. The summed E-state index contributed by atoms with van der Waals surface area (Å²) >= 11 is 0. The highest BCUT2D eigenvalue weighted by Gasteiger charge is 2.64. The number of aliphatic hydroxyl groups is 1. The average Bonchev–Trinajstić information content (AvgIpc) is 3.08. The first-order valence-corrected chi connectivity index (χ1v) is 10.8. The first-order chi connectivity index (χ1) is 12.7. The van der Waals surface area contributed by atoms with E-state index in [4.69, 9.17) is 4.74 Å². The van der Waals surface area contributed by atoms with Gasteiger partial charge in [-0.3, -0.25) is 9.59 Å². The van der Waals surface area contributed by atoms with Gasteiger partial charge < -0.3 is 9.84 Å². The smallest absolute Gasteiger partial charge is 0.302 e. The molecule has 4 aliphatic rings. The minimum Gasteiger partial charge on any atom is -0.463 e. The summed E-state index contributed by atoms with van der Waals surface area (Å²) in [7, 11) is 0. The summed E-state index contributed by atoms with van der Waals surface area (Å²) in [6, 6.07) is 0. The fourth-order valence-corrected chi connectivity index (χ4v) is 7.76. The van der Waals surface area contributed by atoms with Crippen LogP contribution in [0.15, 0.2) is 11.1 Å². The standard InChI is InChI=1S/C23H34O4/c1-13-18(14(2)24)8-10-23(13)19-6-5-16-11-17(27-15(3)25)7-9-22(16,4)20(19)12-21(23)26/h16-17,19-21,26H,5-12H2,1-4H3/t16-,17-,19+,20-,21-,22-,23+/m0/s1. The molecule has 3 saturated carbocycles. The Morgan fingerprint density at radius 3 is 2.44 bits per heavy atom. The molecule has 4 rings (SSSR count). The van der Waals surface area contributed by atoms with Crippen LogP contribution in [0.4, 0.5) is 0 Å². The summed E-state index contributed by atoms with van der Waals surface area (Å²) in [5, 5.41) is 11.2. The molecule has 4 heteroatoms. The van der Waals surface area contributed by atoms with E-state index in [9.17, 15) is 14.7 Å². The van der Waals surface area contributed by atoms with Gasteiger partial charge in [-0.15, -0.1) is 0 Å². The maximum atomic E-state index is 12.1. The summed E-state index contributed by atoms with van der Waals surface area (Å²) in [6.07, 6.45) is 7.61. The molecule has 4 nitrogen and oxygen atoms in total. The second kappa shape index (κ2) is 6.43. The highest BCUT2D eigenvalue weighted by molar-refractivity contribution is 5.94. The highest BCUT2D eigenvalue weighted by atomic mass is 16.5. The maximum Gasteiger partial charge on any atom is 0.302 e. The average molecular weight is 375 g/mol. The Morgan fingerprint density at radius 2 is 1.81 bits per heavy atom. The minimum absolute atomic E-state index is 0.0647. The van der Waals surface area contributed by atoms with Crippen LogP contribution in [0, 0.1) is 28.6 Å². The molecule has 3 fully saturated rings. The Kier molecular flexibility index (Phi) is 4.57. The van der Waals surface area contributed by atoms with Gasteiger partial charge in [-0.25, -0.2) is 0 Å². The lowest BCUT2D eigenvalue weighted by Gasteiger charge is -2.55. The van der Waals surface area contributed by atoms with Crippen LogP contribution in [0.5, 0.6) is 0 Å². The van der Waals surface area contributed by atoms with Crippen LogP contribution in [-0.2, 0) is 14.3 Å². The van der Waals surface area contributed by atoms with Gasteiger partial charge in [0.1, 0.15) is 6.10 Å². The van der Waals surface area contributed by atoms with Crippen LogP contribution in [-0.4, -0.2) is 29.1 Å². The summed E-state index contributed by atoms with van der Waals surface area (Å²) in [5.74, 6) is 1.57. The molecule has 27 heavy (non-hydrogen) atoms. The monoisotopic (exact) mass is 374 g/mol. The zero-order valence-corrected chi connectivity index (χ0v) is 17.2. The number of ether oxygens (including phenoxy) is 1. The second-order valence-electron chi connectivity index (χ2n) is 9.95. The zero-order chi connectivity index (χ0) is 19.6. The lowest BCUT2D eigenvalue weighted by Crippen LogP contribution is -2.49. The van der Waals surface area contributed by atoms with Crippen LogP contribution in [0.25, 0.3) is 0 Å². The first kappa shape index (κ1) is 19.2. The number of Topliss-reactive ketones (excluding diaryl/α,β-unsaturated/α-hetero) is 1. The Labute approximate surface area is 162 Å². The van der Waals surface area contributed by atoms with Gasteiger partial charge in [-0.05, 0) is 94.0 Å².